The summed E-state index contributed by atoms with van der Waals surface area (Å²) in [6.45, 7) is 0. The van der Waals surface area contributed by atoms with E-state index in [0.29, 0.717) is 0 Å². The predicted molar refractivity (Wildman–Crippen MR) is 144 cm³/mol. The summed E-state index contributed by atoms with van der Waals surface area (Å²) >= 11 is 0. The molecule has 0 aliphatic carbocycles. The zero-order chi connectivity index (χ0) is 30.8. The summed E-state index contributed by atoms with van der Waals surface area (Å²) in [5, 5.41) is 104. The molecule has 0 aromatic heterocycles. The topological polar surface area (TPSA) is 230 Å². The molecule has 0 radical (unpaired) electrons. The van der Waals surface area contributed by atoms with Crippen LogP contribution in [0.5, 0.6) is 57.5 Å². The Morgan fingerprint density at radius 1 is 0.651 bits per heavy atom. The normalized spacial score (nSPS) is 24.3. The van der Waals surface area contributed by atoms with E-state index in [4.69, 9.17) is 14.2 Å². The molecule has 2 heterocycles. The van der Waals surface area contributed by atoms with E-state index in [0.717, 1.165) is 30.3 Å². The third kappa shape index (κ3) is 4.55. The highest BCUT2D eigenvalue weighted by Gasteiger charge is 2.56. The van der Waals surface area contributed by atoms with Gasteiger partial charge in [-0.3, -0.25) is 0 Å². The number of phenolic OH excluding ortho intramolecular Hbond substituents is 8. The molecule has 4 aromatic carbocycles. The Bertz CT molecular complexity index is 1740. The van der Waals surface area contributed by atoms with Crippen LogP contribution in [0.3, 0.4) is 0 Å². The number of aliphatic hydroxyl groups excluding tert-OH is 2. The number of hydrogen-bond acceptors (Lipinski definition) is 13. The fourth-order valence-electron chi connectivity index (χ4n) is 5.48. The van der Waals surface area contributed by atoms with Gasteiger partial charge >= 0.3 is 0 Å². The summed E-state index contributed by atoms with van der Waals surface area (Å²) in [5.74, 6) is -6.38. The lowest BCUT2D eigenvalue weighted by atomic mass is 9.87. The maximum Gasteiger partial charge on any atom is 0.267 e. The fraction of sp³-hybridized carbons (Fsp3) is 0.200. The van der Waals surface area contributed by atoms with Crippen LogP contribution in [0.2, 0.25) is 0 Å². The monoisotopic (exact) mass is 594 g/mol. The average molecular weight is 595 g/mol. The maximum atomic E-state index is 11.6. The van der Waals surface area contributed by atoms with E-state index in [1.54, 1.807) is 0 Å². The maximum absolute atomic E-state index is 11.6. The lowest BCUT2D eigenvalue weighted by Gasteiger charge is -2.47. The van der Waals surface area contributed by atoms with Gasteiger partial charge in [0.2, 0.25) is 0 Å². The molecular formula is C30H26O13. The van der Waals surface area contributed by atoms with Gasteiger partial charge < -0.3 is 65.3 Å². The van der Waals surface area contributed by atoms with Crippen molar-refractivity contribution in [1.82, 2.24) is 0 Å². The van der Waals surface area contributed by atoms with Crippen LogP contribution >= 0.6 is 0 Å². The number of phenols is 8. The molecule has 224 valence electrons. The summed E-state index contributed by atoms with van der Waals surface area (Å²) < 4.78 is 18.7. The summed E-state index contributed by atoms with van der Waals surface area (Å²) in [7, 11) is 0. The van der Waals surface area contributed by atoms with Crippen molar-refractivity contribution in [2.45, 2.75) is 36.6 Å². The van der Waals surface area contributed by atoms with E-state index in [9.17, 15) is 51.1 Å². The first kappa shape index (κ1) is 27.9. The Morgan fingerprint density at radius 2 is 1.28 bits per heavy atom. The van der Waals surface area contributed by atoms with Crippen molar-refractivity contribution >= 4 is 0 Å². The molecule has 0 amide bonds. The zero-order valence-corrected chi connectivity index (χ0v) is 22.0. The van der Waals surface area contributed by atoms with E-state index in [1.807, 2.05) is 0 Å². The third-order valence-electron chi connectivity index (χ3n) is 7.55. The van der Waals surface area contributed by atoms with Gasteiger partial charge in [-0.15, -0.1) is 0 Å². The first-order valence-corrected chi connectivity index (χ1v) is 12.9. The van der Waals surface area contributed by atoms with Crippen molar-refractivity contribution in [3.05, 3.63) is 82.9 Å². The van der Waals surface area contributed by atoms with Crippen LogP contribution < -0.4 is 9.47 Å². The van der Waals surface area contributed by atoms with Crippen LogP contribution in [-0.4, -0.2) is 63.3 Å². The molecule has 5 atom stereocenters. The molecule has 0 saturated heterocycles. The van der Waals surface area contributed by atoms with Crippen LogP contribution in [0.4, 0.5) is 0 Å². The molecule has 6 rings (SSSR count). The largest absolute Gasteiger partial charge is 0.508 e. The molecule has 4 aromatic rings. The molecule has 13 nitrogen and oxygen atoms in total. The highest BCUT2D eigenvalue weighted by molar-refractivity contribution is 5.55. The van der Waals surface area contributed by atoms with E-state index < -0.39 is 64.7 Å². The van der Waals surface area contributed by atoms with E-state index in [2.05, 4.69) is 0 Å². The van der Waals surface area contributed by atoms with E-state index >= 15 is 0 Å². The van der Waals surface area contributed by atoms with Crippen molar-refractivity contribution in [3.63, 3.8) is 0 Å². The molecule has 43 heavy (non-hydrogen) atoms. The summed E-state index contributed by atoms with van der Waals surface area (Å²) in [6.07, 6.45) is -6.47. The van der Waals surface area contributed by atoms with Crippen molar-refractivity contribution in [1.29, 1.82) is 0 Å². The minimum Gasteiger partial charge on any atom is -0.508 e. The van der Waals surface area contributed by atoms with Gasteiger partial charge in [0, 0.05) is 41.8 Å². The predicted octanol–water partition coefficient (Wildman–Crippen LogP) is 2.73. The standard InChI is InChI=1S/C30H26O13/c31-14-7-19(35)16-11-25(28(41-23(16)9-14)12-1-3-17(33)20(36)5-12)43-30(13-2-4-18(34)21(37)6-13)29(40)27(39)26-22(38)8-15(32)10-24(26)42-30/h1-10,25,27-29,31-40H,11H2/t25-,27-,28-,29-,30-/m1/s1. The van der Waals surface area contributed by atoms with Crippen molar-refractivity contribution in [2.75, 3.05) is 0 Å². The second-order valence-electron chi connectivity index (χ2n) is 10.3. The third-order valence-corrected chi connectivity index (χ3v) is 7.55. The Kier molecular flexibility index (Phi) is 6.45. The number of hydrogen-bond donors (Lipinski definition) is 10. The molecular weight excluding hydrogens is 568 g/mol. The summed E-state index contributed by atoms with van der Waals surface area (Å²) in [6, 6.07) is 11.5. The molecule has 13 heteroatoms. The second-order valence-corrected chi connectivity index (χ2v) is 10.3. The van der Waals surface area contributed by atoms with Crippen molar-refractivity contribution in [3.8, 4) is 57.5 Å². The number of ether oxygens (including phenoxy) is 3. The van der Waals surface area contributed by atoms with Gasteiger partial charge in [-0.2, -0.15) is 0 Å². The molecule has 10 N–H and O–H groups in total. The van der Waals surface area contributed by atoms with Crippen molar-refractivity contribution < 1.29 is 65.3 Å². The zero-order valence-electron chi connectivity index (χ0n) is 22.0. The summed E-state index contributed by atoms with van der Waals surface area (Å²) in [4.78, 5) is 0. The molecule has 2 aliphatic heterocycles. The second kappa shape index (κ2) is 9.94. The first-order chi connectivity index (χ1) is 20.4. The van der Waals surface area contributed by atoms with Crippen LogP contribution in [0.1, 0.15) is 34.5 Å². The van der Waals surface area contributed by atoms with Gasteiger partial charge in [-0.1, -0.05) is 6.07 Å². The van der Waals surface area contributed by atoms with Crippen LogP contribution in [0, 0.1) is 0 Å². The van der Waals surface area contributed by atoms with Crippen molar-refractivity contribution in [2.24, 2.45) is 0 Å². The van der Waals surface area contributed by atoms with Gasteiger partial charge in [-0.25, -0.2) is 0 Å². The number of rotatable bonds is 4. The average Bonchev–Trinajstić information content (AvgIpc) is 2.94. The quantitative estimate of drug-likeness (QED) is 0.153. The minimum atomic E-state index is -2.42. The molecule has 2 aliphatic rings. The van der Waals surface area contributed by atoms with Crippen LogP contribution in [0.25, 0.3) is 0 Å². The van der Waals surface area contributed by atoms with E-state index in [-0.39, 0.29) is 51.7 Å². The lowest BCUT2D eigenvalue weighted by Crippen LogP contribution is -2.55. The highest BCUT2D eigenvalue weighted by Crippen LogP contribution is 2.53. The Balaban J connectivity index is 1.54. The lowest BCUT2D eigenvalue weighted by molar-refractivity contribution is -0.307. The van der Waals surface area contributed by atoms with Gasteiger partial charge in [-0.05, 0) is 35.9 Å². The smallest absolute Gasteiger partial charge is 0.267 e. The minimum absolute atomic E-state index is 0.0663. The first-order valence-electron chi connectivity index (χ1n) is 12.9. The number of aliphatic hydroxyl groups is 2. The fourth-order valence-corrected chi connectivity index (χ4v) is 5.48. The van der Waals surface area contributed by atoms with E-state index in [1.165, 1.54) is 30.3 Å². The van der Waals surface area contributed by atoms with Gasteiger partial charge in [0.25, 0.3) is 5.79 Å². The molecule has 0 bridgehead atoms. The van der Waals surface area contributed by atoms with Gasteiger partial charge in [0.15, 0.2) is 35.2 Å². The summed E-state index contributed by atoms with van der Waals surface area (Å²) in [5.41, 5.74) is 0.0630. The van der Waals surface area contributed by atoms with Crippen LogP contribution in [0.15, 0.2) is 60.7 Å². The van der Waals surface area contributed by atoms with Crippen LogP contribution in [-0.2, 0) is 16.9 Å². The Hall–Kier alpha value is -5.24. The molecule has 0 fully saturated rings. The number of aromatic hydroxyl groups is 8. The molecule has 0 spiro atoms. The van der Waals surface area contributed by atoms with Gasteiger partial charge in [0.1, 0.15) is 46.7 Å². The molecule has 0 saturated carbocycles. The van der Waals surface area contributed by atoms with Gasteiger partial charge in [0.05, 0.1) is 5.56 Å². The highest BCUT2D eigenvalue weighted by atomic mass is 16.7. The number of fused-ring (bicyclic) bond motifs is 2. The molecule has 0 unspecified atom stereocenters. The SMILES string of the molecule is Oc1cc(O)c2c(c1)O[C@H](c1ccc(O)c(O)c1)[C@H](O[C@@]1(c3ccc(O)c(O)c3)Oc3cc(O)cc(O)c3[C@@H](O)[C@H]1O)C2. The Labute approximate surface area is 242 Å². The Morgan fingerprint density at radius 3 is 1.95 bits per heavy atom. The number of benzene rings is 4.